The predicted octanol–water partition coefficient (Wildman–Crippen LogP) is 4.83. The highest BCUT2D eigenvalue weighted by Gasteiger charge is 2.51. The quantitative estimate of drug-likeness (QED) is 0.752. The molecule has 5 rings (SSSR count). The van der Waals surface area contributed by atoms with Gasteiger partial charge >= 0.3 is 0 Å². The first-order valence-electron chi connectivity index (χ1n) is 7.86. The average molecular weight is 357 g/mol. The molecule has 1 unspecified atom stereocenters. The minimum absolute atomic E-state index is 0.0242. The minimum Gasteiger partial charge on any atom is -0.388 e. The van der Waals surface area contributed by atoms with E-state index in [4.69, 9.17) is 0 Å². The van der Waals surface area contributed by atoms with Crippen LogP contribution in [0, 0.1) is 41.2 Å². The molecule has 0 aromatic heterocycles. The van der Waals surface area contributed by atoms with Gasteiger partial charge in [0.05, 0.1) is 16.1 Å². The molecule has 4 saturated carbocycles. The maximum Gasteiger partial charge on any atom is 0.146 e. The van der Waals surface area contributed by atoms with E-state index in [1.54, 1.807) is 0 Å². The number of aliphatic hydroxyl groups is 1. The molecule has 0 aliphatic heterocycles. The van der Waals surface area contributed by atoms with Crippen LogP contribution in [0.15, 0.2) is 16.6 Å². The molecule has 1 N–H and O–H groups in total. The van der Waals surface area contributed by atoms with Gasteiger partial charge in [0.15, 0.2) is 0 Å². The summed E-state index contributed by atoms with van der Waals surface area (Å²) in [7, 11) is 0. The van der Waals surface area contributed by atoms with Crippen LogP contribution in [0.4, 0.5) is 8.78 Å². The van der Waals surface area contributed by atoms with Crippen LogP contribution in [0.5, 0.6) is 0 Å². The number of aliphatic hydroxyl groups excluding tert-OH is 1. The molecule has 0 heterocycles. The summed E-state index contributed by atoms with van der Waals surface area (Å²) in [5.74, 6) is 1.20. The standard InChI is InChI=1S/C17H19BrF2O/c18-12-1-2-13(19)15(16(12)20)17(21)14-10-4-8-3-9(6-10)7-11(14)5-8/h1-2,8-11,14,17,21H,3-7H2. The lowest BCUT2D eigenvalue weighted by atomic mass is 9.50. The topological polar surface area (TPSA) is 20.2 Å². The number of hydrogen-bond acceptors (Lipinski definition) is 1. The highest BCUT2D eigenvalue weighted by atomic mass is 79.9. The van der Waals surface area contributed by atoms with E-state index in [1.807, 2.05) is 0 Å². The Bertz CT molecular complexity index is 546. The van der Waals surface area contributed by atoms with Gasteiger partial charge in [-0.2, -0.15) is 0 Å². The Kier molecular flexibility index (Phi) is 3.38. The molecule has 1 aromatic rings. The Morgan fingerprint density at radius 1 is 1.00 bits per heavy atom. The van der Waals surface area contributed by atoms with Crippen molar-refractivity contribution in [2.45, 2.75) is 38.2 Å². The SMILES string of the molecule is OC(c1c(F)ccc(Br)c1F)C1C2CC3CC(C2)CC1C3. The monoisotopic (exact) mass is 356 g/mol. The lowest BCUT2D eigenvalue weighted by Crippen LogP contribution is -2.47. The molecule has 1 atom stereocenters. The third-order valence-electron chi connectivity index (χ3n) is 6.04. The second-order valence-corrected chi connectivity index (χ2v) is 8.06. The van der Waals surface area contributed by atoms with Crippen molar-refractivity contribution < 1.29 is 13.9 Å². The molecule has 1 aromatic carbocycles. The van der Waals surface area contributed by atoms with Crippen molar-refractivity contribution in [1.82, 2.24) is 0 Å². The Morgan fingerprint density at radius 3 is 2.14 bits per heavy atom. The summed E-state index contributed by atoms with van der Waals surface area (Å²) in [6.07, 6.45) is 4.84. The zero-order chi connectivity index (χ0) is 14.7. The molecule has 0 radical (unpaired) electrons. The summed E-state index contributed by atoms with van der Waals surface area (Å²) in [5, 5.41) is 10.7. The molecule has 4 aliphatic carbocycles. The Labute approximate surface area is 131 Å². The van der Waals surface area contributed by atoms with Crippen molar-refractivity contribution in [2.75, 3.05) is 0 Å². The van der Waals surface area contributed by atoms with E-state index >= 15 is 0 Å². The second-order valence-electron chi connectivity index (χ2n) is 7.21. The number of benzene rings is 1. The fourth-order valence-corrected chi connectivity index (χ4v) is 5.83. The van der Waals surface area contributed by atoms with Crippen molar-refractivity contribution in [3.05, 3.63) is 33.8 Å². The van der Waals surface area contributed by atoms with Gasteiger partial charge in [-0.25, -0.2) is 8.78 Å². The number of hydrogen-bond donors (Lipinski definition) is 1. The summed E-state index contributed by atoms with van der Waals surface area (Å²) in [6.45, 7) is 0. The lowest BCUT2D eigenvalue weighted by Gasteiger charge is -2.55. The predicted molar refractivity (Wildman–Crippen MR) is 79.6 cm³/mol. The van der Waals surface area contributed by atoms with Crippen molar-refractivity contribution >= 4 is 15.9 Å². The molecule has 21 heavy (non-hydrogen) atoms. The molecule has 4 fully saturated rings. The van der Waals surface area contributed by atoms with Crippen LogP contribution in [0.1, 0.15) is 43.8 Å². The maximum absolute atomic E-state index is 14.3. The van der Waals surface area contributed by atoms with Gasteiger partial charge in [-0.3, -0.25) is 0 Å². The van der Waals surface area contributed by atoms with Crippen LogP contribution in [-0.2, 0) is 0 Å². The van der Waals surface area contributed by atoms with Crippen LogP contribution in [0.3, 0.4) is 0 Å². The van der Waals surface area contributed by atoms with Gasteiger partial charge in [-0.15, -0.1) is 0 Å². The average Bonchev–Trinajstić information content (AvgIpc) is 2.42. The van der Waals surface area contributed by atoms with Crippen LogP contribution in [0.25, 0.3) is 0 Å². The molecule has 0 saturated heterocycles. The zero-order valence-electron chi connectivity index (χ0n) is 11.7. The van der Waals surface area contributed by atoms with Crippen LogP contribution >= 0.6 is 15.9 Å². The van der Waals surface area contributed by atoms with Crippen LogP contribution < -0.4 is 0 Å². The van der Waals surface area contributed by atoms with E-state index < -0.39 is 17.7 Å². The Balaban J connectivity index is 1.69. The van der Waals surface area contributed by atoms with E-state index in [1.165, 1.54) is 18.6 Å². The van der Waals surface area contributed by atoms with Crippen LogP contribution in [-0.4, -0.2) is 5.11 Å². The molecule has 0 spiro atoms. The van der Waals surface area contributed by atoms with Gasteiger partial charge < -0.3 is 5.11 Å². The maximum atomic E-state index is 14.3. The molecule has 1 nitrogen and oxygen atoms in total. The molecule has 114 valence electrons. The van der Waals surface area contributed by atoms with Crippen molar-refractivity contribution in [3.8, 4) is 0 Å². The molecule has 0 amide bonds. The van der Waals surface area contributed by atoms with Crippen molar-refractivity contribution in [1.29, 1.82) is 0 Å². The highest BCUT2D eigenvalue weighted by molar-refractivity contribution is 9.10. The zero-order valence-corrected chi connectivity index (χ0v) is 13.3. The van der Waals surface area contributed by atoms with Gasteiger partial charge in [0.2, 0.25) is 0 Å². The molecular formula is C17H19BrF2O. The summed E-state index contributed by atoms with van der Waals surface area (Å²) in [4.78, 5) is 0. The van der Waals surface area contributed by atoms with E-state index in [2.05, 4.69) is 15.9 Å². The smallest absolute Gasteiger partial charge is 0.146 e. The van der Waals surface area contributed by atoms with Crippen molar-refractivity contribution in [3.63, 3.8) is 0 Å². The van der Waals surface area contributed by atoms with E-state index in [0.29, 0.717) is 11.8 Å². The van der Waals surface area contributed by atoms with Crippen molar-refractivity contribution in [2.24, 2.45) is 29.6 Å². The summed E-state index contributed by atoms with van der Waals surface area (Å²) >= 11 is 3.10. The first-order chi connectivity index (χ1) is 10.0. The van der Waals surface area contributed by atoms with E-state index in [0.717, 1.165) is 37.5 Å². The number of halogens is 3. The third kappa shape index (κ3) is 2.17. The first-order valence-corrected chi connectivity index (χ1v) is 8.65. The molecule has 4 bridgehead atoms. The Morgan fingerprint density at radius 2 is 1.57 bits per heavy atom. The second kappa shape index (κ2) is 5.02. The largest absolute Gasteiger partial charge is 0.388 e. The van der Waals surface area contributed by atoms with Gasteiger partial charge in [0.25, 0.3) is 0 Å². The van der Waals surface area contributed by atoms with Gasteiger partial charge in [0, 0.05) is 0 Å². The fourth-order valence-electron chi connectivity index (χ4n) is 5.49. The van der Waals surface area contributed by atoms with E-state index in [9.17, 15) is 13.9 Å². The Hall–Kier alpha value is -0.480. The van der Waals surface area contributed by atoms with Crippen LogP contribution in [0.2, 0.25) is 0 Å². The molecular weight excluding hydrogens is 338 g/mol. The summed E-state index contributed by atoms with van der Waals surface area (Å²) in [5.41, 5.74) is -0.137. The normalized spacial score (nSPS) is 38.8. The highest BCUT2D eigenvalue weighted by Crippen LogP contribution is 2.59. The van der Waals surface area contributed by atoms with Gasteiger partial charge in [0.1, 0.15) is 11.6 Å². The summed E-state index contributed by atoms with van der Waals surface area (Å²) < 4.78 is 28.6. The lowest BCUT2D eigenvalue weighted by molar-refractivity contribution is -0.0924. The summed E-state index contributed by atoms with van der Waals surface area (Å²) in [6, 6.07) is 2.60. The van der Waals surface area contributed by atoms with Gasteiger partial charge in [-0.05, 0) is 89.8 Å². The number of rotatable bonds is 2. The molecule has 4 heteroatoms. The fraction of sp³-hybridized carbons (Fsp3) is 0.647. The minimum atomic E-state index is -1.02. The third-order valence-corrected chi connectivity index (χ3v) is 6.65. The van der Waals surface area contributed by atoms with E-state index in [-0.39, 0.29) is 16.0 Å². The first kappa shape index (κ1) is 14.1. The van der Waals surface area contributed by atoms with Gasteiger partial charge in [-0.1, -0.05) is 0 Å². The molecule has 4 aliphatic rings.